The van der Waals surface area contributed by atoms with Crippen LogP contribution in [0.1, 0.15) is 35.6 Å². The number of aromatic nitrogens is 2. The fourth-order valence-corrected chi connectivity index (χ4v) is 4.58. The highest BCUT2D eigenvalue weighted by Crippen LogP contribution is 2.25. The smallest absolute Gasteiger partial charge is 0.257 e. The molecular weight excluding hydrogens is 509 g/mol. The number of nitrogens with one attached hydrogen (secondary N) is 3. The second-order valence-electron chi connectivity index (χ2n) is 9.03. The molecule has 0 bridgehead atoms. The minimum absolute atomic E-state index is 0.0293. The van der Waals surface area contributed by atoms with Crippen LogP contribution in [0.3, 0.4) is 0 Å². The quantitative estimate of drug-likeness (QED) is 0.383. The van der Waals surface area contributed by atoms with E-state index < -0.39 is 21.7 Å². The first kappa shape index (κ1) is 25.9. The van der Waals surface area contributed by atoms with Crippen LogP contribution in [0.2, 0.25) is 5.02 Å². The minimum Gasteiger partial charge on any atom is -0.486 e. The average molecular weight is 536 g/mol. The van der Waals surface area contributed by atoms with Crippen molar-refractivity contribution in [3.63, 3.8) is 0 Å². The number of sulfonamides is 1. The molecule has 1 aromatic carbocycles. The van der Waals surface area contributed by atoms with E-state index >= 15 is 0 Å². The Labute approximate surface area is 214 Å². The van der Waals surface area contributed by atoms with Crippen LogP contribution in [0.25, 0.3) is 0 Å². The zero-order chi connectivity index (χ0) is 26.0. The standard InChI is InChI=1S/C24H27ClFN5O4S/c1-14(2)31-12-21(13-31)35-20-9-22(26)23(28-11-20)8-17-4-15(10-27-17)24(32)29-18-5-16(25)6-19(7-18)30-36(3,33)34/h4-7,9-11,14,21,27,30H,8,12-13H2,1-3H3,(H,29,32). The first-order valence-electron chi connectivity index (χ1n) is 11.3. The summed E-state index contributed by atoms with van der Waals surface area (Å²) in [5.74, 6) is -0.543. The Bertz CT molecular complexity index is 1370. The number of pyridine rings is 1. The minimum atomic E-state index is -3.51. The van der Waals surface area contributed by atoms with Gasteiger partial charge in [0, 0.05) is 54.2 Å². The molecule has 0 radical (unpaired) electrons. The van der Waals surface area contributed by atoms with Crippen LogP contribution < -0.4 is 14.8 Å². The lowest BCUT2D eigenvalue weighted by atomic mass is 10.1. The average Bonchev–Trinajstić information content (AvgIpc) is 3.19. The number of ether oxygens (including phenoxy) is 1. The highest BCUT2D eigenvalue weighted by Gasteiger charge is 2.30. The second kappa shape index (κ2) is 10.5. The molecule has 0 unspecified atom stereocenters. The summed E-state index contributed by atoms with van der Waals surface area (Å²) in [6.45, 7) is 5.85. The fraction of sp³-hybridized carbons (Fsp3) is 0.333. The number of hydrogen-bond acceptors (Lipinski definition) is 6. The van der Waals surface area contributed by atoms with E-state index in [4.69, 9.17) is 16.3 Å². The van der Waals surface area contributed by atoms with E-state index in [1.165, 1.54) is 36.7 Å². The molecule has 0 atom stereocenters. The number of rotatable bonds is 9. The number of carbonyl (C=O) groups excluding carboxylic acids is 1. The number of likely N-dealkylation sites (tertiary alicyclic amines) is 1. The number of aromatic amines is 1. The van der Waals surface area contributed by atoms with Crippen LogP contribution in [0.5, 0.6) is 5.75 Å². The Morgan fingerprint density at radius 1 is 1.25 bits per heavy atom. The van der Waals surface area contributed by atoms with Gasteiger partial charge in [-0.05, 0) is 38.1 Å². The van der Waals surface area contributed by atoms with E-state index in [1.807, 2.05) is 0 Å². The predicted octanol–water partition coefficient (Wildman–Crippen LogP) is 3.89. The van der Waals surface area contributed by atoms with Crippen molar-refractivity contribution in [2.45, 2.75) is 32.4 Å². The van der Waals surface area contributed by atoms with Crippen molar-refractivity contribution < 1.29 is 22.3 Å². The molecule has 3 aromatic rings. The van der Waals surface area contributed by atoms with Crippen LogP contribution in [0.15, 0.2) is 42.7 Å². The number of halogens is 2. The van der Waals surface area contributed by atoms with Gasteiger partial charge in [-0.2, -0.15) is 0 Å². The molecule has 1 aliphatic heterocycles. The maximum atomic E-state index is 14.7. The molecule has 1 saturated heterocycles. The number of H-pyrrole nitrogens is 1. The molecule has 1 fully saturated rings. The van der Waals surface area contributed by atoms with Crippen molar-refractivity contribution in [3.8, 4) is 5.75 Å². The van der Waals surface area contributed by atoms with Gasteiger partial charge in [0.2, 0.25) is 10.0 Å². The Morgan fingerprint density at radius 3 is 2.64 bits per heavy atom. The topological polar surface area (TPSA) is 116 Å². The third-order valence-electron chi connectivity index (χ3n) is 5.62. The molecule has 0 aliphatic carbocycles. The Hall–Kier alpha value is -3.15. The van der Waals surface area contributed by atoms with Gasteiger partial charge in [-0.3, -0.25) is 19.4 Å². The van der Waals surface area contributed by atoms with Gasteiger partial charge in [-0.15, -0.1) is 0 Å². The Kier molecular flexibility index (Phi) is 7.53. The first-order valence-corrected chi connectivity index (χ1v) is 13.5. The molecule has 0 spiro atoms. The van der Waals surface area contributed by atoms with Crippen molar-refractivity contribution in [2.24, 2.45) is 0 Å². The number of carbonyl (C=O) groups is 1. The number of anilines is 2. The number of benzene rings is 1. The summed E-state index contributed by atoms with van der Waals surface area (Å²) >= 11 is 6.04. The van der Waals surface area contributed by atoms with Crippen LogP contribution in [0, 0.1) is 5.82 Å². The maximum absolute atomic E-state index is 14.7. The normalized spacial score (nSPS) is 14.5. The van der Waals surface area contributed by atoms with Crippen LogP contribution >= 0.6 is 11.6 Å². The van der Waals surface area contributed by atoms with E-state index in [1.54, 1.807) is 6.07 Å². The van der Waals surface area contributed by atoms with E-state index in [0.717, 1.165) is 19.3 Å². The first-order chi connectivity index (χ1) is 16.9. The lowest BCUT2D eigenvalue weighted by Crippen LogP contribution is -2.56. The molecule has 36 heavy (non-hydrogen) atoms. The third-order valence-corrected chi connectivity index (χ3v) is 6.45. The summed E-state index contributed by atoms with van der Waals surface area (Å²) in [7, 11) is -3.51. The van der Waals surface area contributed by atoms with Gasteiger partial charge in [-0.25, -0.2) is 12.8 Å². The molecule has 0 saturated carbocycles. The van der Waals surface area contributed by atoms with Crippen LogP contribution in [0.4, 0.5) is 15.8 Å². The molecule has 2 aromatic heterocycles. The maximum Gasteiger partial charge on any atom is 0.257 e. The summed E-state index contributed by atoms with van der Waals surface area (Å²) in [5, 5.41) is 2.92. The van der Waals surface area contributed by atoms with Crippen molar-refractivity contribution in [1.82, 2.24) is 14.9 Å². The van der Waals surface area contributed by atoms with Gasteiger partial charge in [0.25, 0.3) is 5.91 Å². The Morgan fingerprint density at radius 2 is 1.97 bits per heavy atom. The van der Waals surface area contributed by atoms with Crippen molar-refractivity contribution >= 4 is 38.9 Å². The second-order valence-corrected chi connectivity index (χ2v) is 11.2. The van der Waals surface area contributed by atoms with Crippen LogP contribution in [-0.2, 0) is 16.4 Å². The van der Waals surface area contributed by atoms with E-state index in [0.29, 0.717) is 28.7 Å². The molecule has 12 heteroatoms. The van der Waals surface area contributed by atoms with Gasteiger partial charge in [0.15, 0.2) is 0 Å². The molecule has 1 aliphatic rings. The number of hydrogen-bond donors (Lipinski definition) is 3. The van der Waals surface area contributed by atoms with E-state index in [-0.39, 0.29) is 28.9 Å². The zero-order valence-corrected chi connectivity index (χ0v) is 21.6. The fourth-order valence-electron chi connectivity index (χ4n) is 3.79. The SMILES string of the molecule is CC(C)N1CC(Oc2cnc(Cc3cc(C(=O)Nc4cc(Cl)cc(NS(C)(=O)=O)c4)c[nH]3)c(F)c2)C1. The third kappa shape index (κ3) is 6.74. The Balaban J connectivity index is 1.37. The highest BCUT2D eigenvalue weighted by atomic mass is 35.5. The van der Waals surface area contributed by atoms with E-state index in [9.17, 15) is 17.6 Å². The summed E-state index contributed by atoms with van der Waals surface area (Å²) in [4.78, 5) is 22.1. The van der Waals surface area contributed by atoms with Crippen molar-refractivity contribution in [2.75, 3.05) is 29.4 Å². The lowest BCUT2D eigenvalue weighted by molar-refractivity contribution is -0.000213. The molecule has 4 rings (SSSR count). The number of amides is 1. The van der Waals surface area contributed by atoms with Gasteiger partial charge >= 0.3 is 0 Å². The molecular formula is C24H27ClFN5O4S. The lowest BCUT2D eigenvalue weighted by Gasteiger charge is -2.41. The molecule has 1 amide bonds. The molecule has 192 valence electrons. The summed E-state index contributed by atoms with van der Waals surface area (Å²) in [6, 6.07) is 7.75. The van der Waals surface area contributed by atoms with Crippen molar-refractivity contribution in [3.05, 3.63) is 70.5 Å². The van der Waals surface area contributed by atoms with Gasteiger partial charge < -0.3 is 15.0 Å². The summed E-state index contributed by atoms with van der Waals surface area (Å²) in [5.41, 5.74) is 1.66. The van der Waals surface area contributed by atoms with Crippen LogP contribution in [-0.4, -0.2) is 60.7 Å². The van der Waals surface area contributed by atoms with Gasteiger partial charge in [-0.1, -0.05) is 11.6 Å². The van der Waals surface area contributed by atoms with Gasteiger partial charge in [0.1, 0.15) is 17.7 Å². The van der Waals surface area contributed by atoms with E-state index in [2.05, 4.69) is 38.8 Å². The predicted molar refractivity (Wildman–Crippen MR) is 137 cm³/mol. The molecule has 9 nitrogen and oxygen atoms in total. The monoisotopic (exact) mass is 535 g/mol. The van der Waals surface area contributed by atoms with Gasteiger partial charge in [0.05, 0.1) is 29.4 Å². The van der Waals surface area contributed by atoms with Crippen molar-refractivity contribution in [1.29, 1.82) is 0 Å². The number of nitrogens with zero attached hydrogens (tertiary/aromatic N) is 2. The summed E-state index contributed by atoms with van der Waals surface area (Å²) in [6.07, 6.45) is 4.21. The highest BCUT2D eigenvalue weighted by molar-refractivity contribution is 7.92. The summed E-state index contributed by atoms with van der Waals surface area (Å²) < 4.78 is 45.7. The molecule has 3 heterocycles. The molecule has 3 N–H and O–H groups in total. The largest absolute Gasteiger partial charge is 0.486 e. The zero-order valence-electron chi connectivity index (χ0n) is 20.0.